The van der Waals surface area contributed by atoms with Gasteiger partial charge in [0.05, 0.1) is 13.7 Å². The highest BCUT2D eigenvalue weighted by Crippen LogP contribution is 2.11. The molecule has 2 rings (SSSR count). The SMILES string of the molecule is CCOCCCNC(=NCc1cccc(F)c1)NCc1ccc(OC)cc1. The first kappa shape index (κ1) is 20.7. The molecule has 0 atom stereocenters. The molecule has 2 N–H and O–H groups in total. The van der Waals surface area contributed by atoms with Crippen molar-refractivity contribution in [2.24, 2.45) is 4.99 Å². The lowest BCUT2D eigenvalue weighted by Crippen LogP contribution is -2.37. The monoisotopic (exact) mass is 373 g/mol. The summed E-state index contributed by atoms with van der Waals surface area (Å²) in [6.07, 6.45) is 0.886. The summed E-state index contributed by atoms with van der Waals surface area (Å²) in [4.78, 5) is 4.56. The number of hydrogen-bond donors (Lipinski definition) is 2. The number of nitrogens with one attached hydrogen (secondary N) is 2. The molecule has 2 aromatic carbocycles. The van der Waals surface area contributed by atoms with Crippen molar-refractivity contribution in [1.82, 2.24) is 10.6 Å². The average Bonchev–Trinajstić information content (AvgIpc) is 2.69. The Hall–Kier alpha value is -2.60. The maximum Gasteiger partial charge on any atom is 0.191 e. The van der Waals surface area contributed by atoms with Crippen molar-refractivity contribution in [3.63, 3.8) is 0 Å². The van der Waals surface area contributed by atoms with Crippen LogP contribution in [-0.2, 0) is 17.8 Å². The summed E-state index contributed by atoms with van der Waals surface area (Å²) in [5.41, 5.74) is 1.94. The molecule has 0 bridgehead atoms. The fourth-order valence-electron chi connectivity index (χ4n) is 2.43. The van der Waals surface area contributed by atoms with Crippen molar-refractivity contribution in [2.45, 2.75) is 26.4 Å². The third kappa shape index (κ3) is 8.09. The molecule has 0 aliphatic rings. The molecule has 0 saturated carbocycles. The molecule has 0 aliphatic carbocycles. The summed E-state index contributed by atoms with van der Waals surface area (Å²) in [6.45, 7) is 5.19. The van der Waals surface area contributed by atoms with Crippen LogP contribution < -0.4 is 15.4 Å². The lowest BCUT2D eigenvalue weighted by atomic mass is 10.2. The number of hydrogen-bond acceptors (Lipinski definition) is 3. The molecule has 0 radical (unpaired) electrons. The number of halogens is 1. The second-order valence-corrected chi connectivity index (χ2v) is 5.97. The van der Waals surface area contributed by atoms with E-state index < -0.39 is 0 Å². The number of nitrogens with zero attached hydrogens (tertiary/aromatic N) is 1. The lowest BCUT2D eigenvalue weighted by Gasteiger charge is -2.13. The molecule has 0 spiro atoms. The van der Waals surface area contributed by atoms with E-state index in [1.807, 2.05) is 37.3 Å². The maximum atomic E-state index is 13.3. The van der Waals surface area contributed by atoms with E-state index in [0.29, 0.717) is 25.7 Å². The van der Waals surface area contributed by atoms with E-state index in [1.54, 1.807) is 13.2 Å². The number of ether oxygens (including phenoxy) is 2. The summed E-state index contributed by atoms with van der Waals surface area (Å²) in [5, 5.41) is 6.61. The molecule has 27 heavy (non-hydrogen) atoms. The van der Waals surface area contributed by atoms with E-state index in [9.17, 15) is 4.39 Å². The number of guanidine groups is 1. The first-order chi connectivity index (χ1) is 13.2. The second kappa shape index (κ2) is 11.9. The van der Waals surface area contributed by atoms with Crippen LogP contribution in [0.25, 0.3) is 0 Å². The first-order valence-corrected chi connectivity index (χ1v) is 9.18. The van der Waals surface area contributed by atoms with E-state index >= 15 is 0 Å². The van der Waals surface area contributed by atoms with E-state index in [1.165, 1.54) is 12.1 Å². The van der Waals surface area contributed by atoms with Crippen LogP contribution in [0, 0.1) is 5.82 Å². The van der Waals surface area contributed by atoms with Crippen molar-refractivity contribution in [1.29, 1.82) is 0 Å². The van der Waals surface area contributed by atoms with Crippen LogP contribution in [0.4, 0.5) is 4.39 Å². The van der Waals surface area contributed by atoms with Crippen molar-refractivity contribution in [3.8, 4) is 5.75 Å². The Morgan fingerprint density at radius 2 is 1.89 bits per heavy atom. The van der Waals surface area contributed by atoms with E-state index in [4.69, 9.17) is 9.47 Å². The highest BCUT2D eigenvalue weighted by molar-refractivity contribution is 5.79. The van der Waals surface area contributed by atoms with Gasteiger partial charge in [0, 0.05) is 26.3 Å². The van der Waals surface area contributed by atoms with Gasteiger partial charge in [0.2, 0.25) is 0 Å². The summed E-state index contributed by atoms with van der Waals surface area (Å²) in [7, 11) is 1.65. The highest BCUT2D eigenvalue weighted by Gasteiger charge is 2.01. The molecular weight excluding hydrogens is 345 g/mol. The Morgan fingerprint density at radius 3 is 2.59 bits per heavy atom. The Labute approximate surface area is 160 Å². The Balaban J connectivity index is 1.93. The first-order valence-electron chi connectivity index (χ1n) is 9.18. The molecule has 6 heteroatoms. The molecule has 2 aromatic rings. The summed E-state index contributed by atoms with van der Waals surface area (Å²) >= 11 is 0. The molecule has 0 amide bonds. The molecule has 0 heterocycles. The van der Waals surface area contributed by atoms with Gasteiger partial charge in [0.25, 0.3) is 0 Å². The van der Waals surface area contributed by atoms with E-state index in [0.717, 1.165) is 36.4 Å². The third-order valence-corrected chi connectivity index (χ3v) is 3.89. The van der Waals surface area contributed by atoms with Crippen molar-refractivity contribution < 1.29 is 13.9 Å². The van der Waals surface area contributed by atoms with E-state index in [2.05, 4.69) is 15.6 Å². The Kier molecular flexibility index (Phi) is 9.13. The molecule has 0 aromatic heterocycles. The van der Waals surface area contributed by atoms with Crippen molar-refractivity contribution in [3.05, 3.63) is 65.5 Å². The predicted octanol–water partition coefficient (Wildman–Crippen LogP) is 3.50. The fraction of sp³-hybridized carbons (Fsp3) is 0.381. The molecule has 0 unspecified atom stereocenters. The van der Waals surface area contributed by atoms with Crippen molar-refractivity contribution in [2.75, 3.05) is 26.9 Å². The van der Waals surface area contributed by atoms with Gasteiger partial charge in [-0.05, 0) is 48.7 Å². The minimum absolute atomic E-state index is 0.250. The van der Waals surface area contributed by atoms with Gasteiger partial charge in [-0.15, -0.1) is 0 Å². The normalized spacial score (nSPS) is 11.3. The van der Waals surface area contributed by atoms with Crippen LogP contribution in [0.3, 0.4) is 0 Å². The summed E-state index contributed by atoms with van der Waals surface area (Å²) in [5.74, 6) is 1.26. The molecule has 0 fully saturated rings. The van der Waals surface area contributed by atoms with Crippen LogP contribution in [0.15, 0.2) is 53.5 Å². The van der Waals surface area contributed by atoms with Gasteiger partial charge in [-0.25, -0.2) is 9.38 Å². The second-order valence-electron chi connectivity index (χ2n) is 5.97. The highest BCUT2D eigenvalue weighted by atomic mass is 19.1. The topological polar surface area (TPSA) is 54.9 Å². The van der Waals surface area contributed by atoms with Crippen LogP contribution in [0.1, 0.15) is 24.5 Å². The molecular formula is C21H28FN3O2. The summed E-state index contributed by atoms with van der Waals surface area (Å²) < 4.78 is 23.9. The average molecular weight is 373 g/mol. The van der Waals surface area contributed by atoms with Crippen molar-refractivity contribution >= 4 is 5.96 Å². The predicted molar refractivity (Wildman–Crippen MR) is 106 cm³/mol. The molecule has 146 valence electrons. The van der Waals surface area contributed by atoms with Gasteiger partial charge in [0.15, 0.2) is 5.96 Å². The number of benzene rings is 2. The smallest absolute Gasteiger partial charge is 0.191 e. The third-order valence-electron chi connectivity index (χ3n) is 3.89. The van der Waals surface area contributed by atoms with Gasteiger partial charge in [-0.3, -0.25) is 0 Å². The zero-order valence-electron chi connectivity index (χ0n) is 16.0. The van der Waals surface area contributed by atoms with Gasteiger partial charge in [0.1, 0.15) is 11.6 Å². The quantitative estimate of drug-likeness (QED) is 0.380. The minimum atomic E-state index is -0.250. The number of aliphatic imine (C=N–C) groups is 1. The Morgan fingerprint density at radius 1 is 1.07 bits per heavy atom. The molecule has 0 saturated heterocycles. The van der Waals surface area contributed by atoms with Crippen LogP contribution in [-0.4, -0.2) is 32.8 Å². The maximum absolute atomic E-state index is 13.3. The minimum Gasteiger partial charge on any atom is -0.497 e. The van der Waals surface area contributed by atoms with Crippen LogP contribution in [0.2, 0.25) is 0 Å². The number of rotatable bonds is 10. The van der Waals surface area contributed by atoms with Gasteiger partial charge < -0.3 is 20.1 Å². The Bertz CT molecular complexity index is 705. The van der Waals surface area contributed by atoms with Gasteiger partial charge in [-0.2, -0.15) is 0 Å². The van der Waals surface area contributed by atoms with Gasteiger partial charge in [-0.1, -0.05) is 24.3 Å². The van der Waals surface area contributed by atoms with Crippen LogP contribution >= 0.6 is 0 Å². The van der Waals surface area contributed by atoms with Gasteiger partial charge >= 0.3 is 0 Å². The summed E-state index contributed by atoms with van der Waals surface area (Å²) in [6, 6.07) is 14.4. The fourth-order valence-corrected chi connectivity index (χ4v) is 2.43. The lowest BCUT2D eigenvalue weighted by molar-refractivity contribution is 0.145. The van der Waals surface area contributed by atoms with Crippen LogP contribution in [0.5, 0.6) is 5.75 Å². The zero-order chi connectivity index (χ0) is 19.3. The standard InChI is InChI=1S/C21H28FN3O2/c1-3-27-13-5-12-23-21(25-16-18-6-4-7-19(22)14-18)24-15-17-8-10-20(26-2)11-9-17/h4,6-11,14H,3,5,12-13,15-16H2,1-2H3,(H2,23,24,25). The van der Waals surface area contributed by atoms with E-state index in [-0.39, 0.29) is 5.82 Å². The zero-order valence-corrected chi connectivity index (χ0v) is 16.0. The molecule has 5 nitrogen and oxygen atoms in total. The largest absolute Gasteiger partial charge is 0.497 e. The molecule has 0 aliphatic heterocycles. The number of methoxy groups -OCH3 is 1.